The number of carbonyl (C=O) groups is 1. The predicted molar refractivity (Wildman–Crippen MR) is 104 cm³/mol. The van der Waals surface area contributed by atoms with Crippen LogP contribution in [0.4, 0.5) is 11.4 Å². The summed E-state index contributed by atoms with van der Waals surface area (Å²) in [6, 6.07) is 11.5. The molecule has 3 N–H and O–H groups in total. The van der Waals surface area contributed by atoms with E-state index in [1.54, 1.807) is 44.2 Å². The molecule has 0 saturated heterocycles. The molecule has 0 amide bonds. The monoisotopic (exact) mass is 390 g/mol. The smallest absolute Gasteiger partial charge is 0.338 e. The van der Waals surface area contributed by atoms with Gasteiger partial charge in [0, 0.05) is 16.1 Å². The molecule has 136 valence electrons. The molecule has 1 heterocycles. The molecule has 0 aliphatic carbocycles. The van der Waals surface area contributed by atoms with E-state index >= 15 is 0 Å². The van der Waals surface area contributed by atoms with E-state index in [-0.39, 0.29) is 16.4 Å². The molecule has 0 radical (unpaired) electrons. The Labute approximate surface area is 155 Å². The summed E-state index contributed by atoms with van der Waals surface area (Å²) in [5, 5.41) is 0.815. The number of esters is 1. The van der Waals surface area contributed by atoms with Crippen molar-refractivity contribution in [3.05, 3.63) is 53.6 Å². The Balaban J connectivity index is 1.96. The molecule has 0 atom stereocenters. The number of fused-ring (bicyclic) bond motifs is 1. The number of thiophene rings is 1. The molecule has 1 aromatic heterocycles. The van der Waals surface area contributed by atoms with Gasteiger partial charge in [0.2, 0.25) is 0 Å². The van der Waals surface area contributed by atoms with Gasteiger partial charge in [0.25, 0.3) is 10.0 Å². The number of aryl methyl sites for hydroxylation is 1. The number of anilines is 2. The van der Waals surface area contributed by atoms with Gasteiger partial charge in [0.1, 0.15) is 4.21 Å². The van der Waals surface area contributed by atoms with E-state index in [1.807, 2.05) is 6.07 Å². The van der Waals surface area contributed by atoms with E-state index in [2.05, 4.69) is 4.72 Å². The molecule has 3 rings (SSSR count). The molecule has 0 fully saturated rings. The van der Waals surface area contributed by atoms with Crippen molar-refractivity contribution < 1.29 is 17.9 Å². The molecule has 0 unspecified atom stereocenters. The topological polar surface area (TPSA) is 98.5 Å². The van der Waals surface area contributed by atoms with Crippen LogP contribution < -0.4 is 10.5 Å². The summed E-state index contributed by atoms with van der Waals surface area (Å²) in [4.78, 5) is 11.8. The van der Waals surface area contributed by atoms with Crippen LogP contribution in [0.2, 0.25) is 0 Å². The summed E-state index contributed by atoms with van der Waals surface area (Å²) < 4.78 is 34.2. The Kier molecular flexibility index (Phi) is 4.88. The molecule has 0 spiro atoms. The van der Waals surface area contributed by atoms with E-state index in [0.717, 1.165) is 10.1 Å². The molecule has 8 heteroatoms. The van der Waals surface area contributed by atoms with Crippen LogP contribution in [0.1, 0.15) is 22.8 Å². The van der Waals surface area contributed by atoms with Crippen LogP contribution in [0.3, 0.4) is 0 Å². The quantitative estimate of drug-likeness (QED) is 0.510. The van der Waals surface area contributed by atoms with Crippen molar-refractivity contribution in [1.82, 2.24) is 0 Å². The third-order valence-corrected chi connectivity index (χ3v) is 7.06. The second kappa shape index (κ2) is 6.97. The van der Waals surface area contributed by atoms with Gasteiger partial charge in [-0.15, -0.1) is 11.3 Å². The number of nitrogens with one attached hydrogen (secondary N) is 1. The Morgan fingerprint density at radius 3 is 2.73 bits per heavy atom. The largest absolute Gasteiger partial charge is 0.462 e. The third-order valence-electron chi connectivity index (χ3n) is 3.79. The summed E-state index contributed by atoms with van der Waals surface area (Å²) in [6.45, 7) is 3.71. The van der Waals surface area contributed by atoms with Crippen molar-refractivity contribution in [1.29, 1.82) is 0 Å². The number of ether oxygens (including phenoxy) is 1. The third kappa shape index (κ3) is 3.51. The highest BCUT2D eigenvalue weighted by Gasteiger charge is 2.22. The number of nitrogens with two attached hydrogens (primary N) is 1. The van der Waals surface area contributed by atoms with Gasteiger partial charge < -0.3 is 10.5 Å². The maximum atomic E-state index is 12.8. The highest BCUT2D eigenvalue weighted by Crippen LogP contribution is 2.36. The van der Waals surface area contributed by atoms with Gasteiger partial charge in [0.15, 0.2) is 0 Å². The first-order valence-corrected chi connectivity index (χ1v) is 10.2. The van der Waals surface area contributed by atoms with Gasteiger partial charge in [-0.1, -0.05) is 6.07 Å². The Morgan fingerprint density at radius 2 is 2.00 bits per heavy atom. The van der Waals surface area contributed by atoms with Crippen molar-refractivity contribution in [2.45, 2.75) is 18.1 Å². The summed E-state index contributed by atoms with van der Waals surface area (Å²) >= 11 is 1.18. The van der Waals surface area contributed by atoms with Crippen LogP contribution in [0, 0.1) is 6.92 Å². The van der Waals surface area contributed by atoms with Crippen LogP contribution in [0.5, 0.6) is 0 Å². The first-order valence-electron chi connectivity index (χ1n) is 7.90. The molecule has 6 nitrogen and oxygen atoms in total. The highest BCUT2D eigenvalue weighted by atomic mass is 32.2. The number of rotatable bonds is 5. The van der Waals surface area contributed by atoms with E-state index in [9.17, 15) is 13.2 Å². The normalized spacial score (nSPS) is 11.5. The number of benzene rings is 2. The molecular weight excluding hydrogens is 372 g/mol. The Hall–Kier alpha value is -2.58. The maximum absolute atomic E-state index is 12.8. The molecule has 3 aromatic rings. The minimum atomic E-state index is -3.80. The molecule has 0 saturated carbocycles. The average Bonchev–Trinajstić information content (AvgIpc) is 2.92. The van der Waals surface area contributed by atoms with E-state index < -0.39 is 16.0 Å². The van der Waals surface area contributed by atoms with E-state index in [4.69, 9.17) is 10.5 Å². The summed E-state index contributed by atoms with van der Waals surface area (Å²) in [5.41, 5.74) is 7.61. The SMILES string of the molecule is CCOC(=O)c1cccc(NS(=O)(=O)c2sc3ccc(N)cc3c2C)c1. The minimum absolute atomic E-state index is 0.222. The van der Waals surface area contributed by atoms with Crippen LogP contribution in [-0.4, -0.2) is 21.0 Å². The van der Waals surface area contributed by atoms with Gasteiger partial charge >= 0.3 is 5.97 Å². The van der Waals surface area contributed by atoms with Crippen molar-refractivity contribution in [2.75, 3.05) is 17.1 Å². The molecule has 2 aromatic carbocycles. The molecule has 0 aliphatic heterocycles. The first kappa shape index (κ1) is 18.2. The number of hydrogen-bond acceptors (Lipinski definition) is 6. The number of sulfonamides is 1. The lowest BCUT2D eigenvalue weighted by Gasteiger charge is -2.09. The van der Waals surface area contributed by atoms with Crippen LogP contribution in [0.25, 0.3) is 10.1 Å². The lowest BCUT2D eigenvalue weighted by molar-refractivity contribution is 0.0526. The molecule has 0 aliphatic rings. The van der Waals surface area contributed by atoms with E-state index in [0.29, 0.717) is 16.9 Å². The zero-order valence-corrected chi connectivity index (χ0v) is 15.9. The van der Waals surface area contributed by atoms with Gasteiger partial charge in [-0.3, -0.25) is 4.72 Å². The van der Waals surface area contributed by atoms with Crippen molar-refractivity contribution in [3.63, 3.8) is 0 Å². The number of carbonyl (C=O) groups excluding carboxylic acids is 1. The fraction of sp³-hybridized carbons (Fsp3) is 0.167. The fourth-order valence-corrected chi connectivity index (χ4v) is 5.40. The van der Waals surface area contributed by atoms with Crippen molar-refractivity contribution in [3.8, 4) is 0 Å². The summed E-state index contributed by atoms with van der Waals surface area (Å²) in [6.07, 6.45) is 0. The van der Waals surface area contributed by atoms with Gasteiger partial charge in [-0.25, -0.2) is 13.2 Å². The van der Waals surface area contributed by atoms with Crippen molar-refractivity contribution >= 4 is 48.8 Å². The number of hydrogen-bond donors (Lipinski definition) is 2. The highest BCUT2D eigenvalue weighted by molar-refractivity contribution is 7.94. The number of nitrogen functional groups attached to an aromatic ring is 1. The summed E-state index contributed by atoms with van der Waals surface area (Å²) in [5.74, 6) is -0.498. The van der Waals surface area contributed by atoms with Crippen LogP contribution in [-0.2, 0) is 14.8 Å². The van der Waals surface area contributed by atoms with Crippen LogP contribution in [0.15, 0.2) is 46.7 Å². The van der Waals surface area contributed by atoms with Gasteiger partial charge in [-0.2, -0.15) is 0 Å². The Morgan fingerprint density at radius 1 is 1.23 bits per heavy atom. The fourth-order valence-electron chi connectivity index (χ4n) is 2.60. The second-order valence-electron chi connectivity index (χ2n) is 5.68. The zero-order valence-electron chi connectivity index (χ0n) is 14.3. The minimum Gasteiger partial charge on any atom is -0.462 e. The Bertz CT molecular complexity index is 1090. The second-order valence-corrected chi connectivity index (χ2v) is 8.61. The van der Waals surface area contributed by atoms with E-state index in [1.165, 1.54) is 17.4 Å². The molecule has 0 bridgehead atoms. The van der Waals surface area contributed by atoms with Gasteiger partial charge in [0.05, 0.1) is 12.2 Å². The predicted octanol–water partition coefficient (Wildman–Crippen LogP) is 3.77. The van der Waals surface area contributed by atoms with Crippen molar-refractivity contribution in [2.24, 2.45) is 0 Å². The summed E-state index contributed by atoms with van der Waals surface area (Å²) in [7, 11) is -3.80. The maximum Gasteiger partial charge on any atom is 0.338 e. The standard InChI is InChI=1S/C18H18N2O4S2/c1-3-24-17(21)12-5-4-6-14(9-12)20-26(22,23)18-11(2)15-10-13(19)7-8-16(15)25-18/h4-10,20H,3,19H2,1-2H3. The average molecular weight is 390 g/mol. The van der Waals surface area contributed by atoms with Crippen LogP contribution >= 0.6 is 11.3 Å². The first-order chi connectivity index (χ1) is 12.3. The lowest BCUT2D eigenvalue weighted by Crippen LogP contribution is -2.13. The zero-order chi connectivity index (χ0) is 18.9. The molecular formula is C18H18N2O4S2. The molecule has 26 heavy (non-hydrogen) atoms. The lowest BCUT2D eigenvalue weighted by atomic mass is 10.2. The van der Waals surface area contributed by atoms with Gasteiger partial charge in [-0.05, 0) is 61.2 Å².